The molecule has 0 saturated carbocycles. The highest BCUT2D eigenvalue weighted by Crippen LogP contribution is 2.21. The molecule has 4 rings (SSSR count). The molecule has 1 atom stereocenters. The van der Waals surface area contributed by atoms with E-state index in [-0.39, 0.29) is 18.0 Å². The Kier molecular flexibility index (Phi) is 5.77. The number of methoxy groups -OCH3 is 1. The molecule has 1 heterocycles. The van der Waals surface area contributed by atoms with Crippen LogP contribution in [-0.4, -0.2) is 34.2 Å². The minimum atomic E-state index is -0.809. The number of ether oxygens (including phenoxy) is 1. The van der Waals surface area contributed by atoms with Gasteiger partial charge in [0.15, 0.2) is 0 Å². The highest BCUT2D eigenvalue weighted by molar-refractivity contribution is 5.97. The van der Waals surface area contributed by atoms with Gasteiger partial charge in [-0.05, 0) is 35.9 Å². The summed E-state index contributed by atoms with van der Waals surface area (Å²) in [5.41, 5.74) is 1.81. The van der Waals surface area contributed by atoms with E-state index < -0.39 is 6.10 Å². The van der Waals surface area contributed by atoms with Crippen molar-refractivity contribution in [3.63, 3.8) is 0 Å². The monoisotopic (exact) mass is 415 g/mol. The summed E-state index contributed by atoms with van der Waals surface area (Å²) >= 11 is 0. The van der Waals surface area contributed by atoms with Gasteiger partial charge >= 0.3 is 0 Å². The molecule has 31 heavy (non-hydrogen) atoms. The van der Waals surface area contributed by atoms with Gasteiger partial charge in [-0.2, -0.15) is 0 Å². The minimum Gasteiger partial charge on any atom is -0.495 e. The average molecular weight is 415 g/mol. The quantitative estimate of drug-likeness (QED) is 0.505. The molecule has 7 heteroatoms. The molecule has 3 aromatic carbocycles. The number of hydrogen-bond acceptors (Lipinski definition) is 5. The van der Waals surface area contributed by atoms with Crippen LogP contribution in [0.3, 0.4) is 0 Å². The van der Waals surface area contributed by atoms with Crippen molar-refractivity contribution in [2.45, 2.75) is 6.10 Å². The van der Waals surface area contributed by atoms with Gasteiger partial charge in [-0.1, -0.05) is 42.5 Å². The second-order valence-electron chi connectivity index (χ2n) is 6.96. The fourth-order valence-electron chi connectivity index (χ4n) is 3.35. The summed E-state index contributed by atoms with van der Waals surface area (Å²) in [5.74, 6) is 0.200. The summed E-state index contributed by atoms with van der Waals surface area (Å²) in [7, 11) is 1.54. The predicted molar refractivity (Wildman–Crippen MR) is 118 cm³/mol. The molecule has 0 radical (unpaired) electrons. The fraction of sp³-hybridized carbons (Fsp3) is 0.125. The number of aromatic nitrogens is 2. The number of benzene rings is 3. The predicted octanol–water partition coefficient (Wildman–Crippen LogP) is 2.86. The van der Waals surface area contributed by atoms with E-state index in [9.17, 15) is 14.7 Å². The van der Waals surface area contributed by atoms with Gasteiger partial charge in [0, 0.05) is 12.1 Å². The van der Waals surface area contributed by atoms with Crippen LogP contribution in [0.5, 0.6) is 5.75 Å². The van der Waals surface area contributed by atoms with E-state index in [1.807, 2.05) is 30.3 Å². The number of nitrogens with one attached hydrogen (secondary N) is 1. The van der Waals surface area contributed by atoms with Crippen LogP contribution in [0.2, 0.25) is 0 Å². The molecular weight excluding hydrogens is 394 g/mol. The molecule has 2 N–H and O–H groups in total. The maximum absolute atomic E-state index is 13.0. The van der Waals surface area contributed by atoms with Gasteiger partial charge in [-0.15, -0.1) is 0 Å². The number of amides is 1. The van der Waals surface area contributed by atoms with Gasteiger partial charge < -0.3 is 15.2 Å². The van der Waals surface area contributed by atoms with Crippen molar-refractivity contribution >= 4 is 16.8 Å². The number of nitrogens with zero attached hydrogens (tertiary/aromatic N) is 2. The molecule has 1 amide bonds. The maximum atomic E-state index is 13.0. The summed E-state index contributed by atoms with van der Waals surface area (Å²) in [6.45, 7) is 0.0731. The number of carbonyl (C=O) groups excluding carboxylic acids is 1. The van der Waals surface area contributed by atoms with E-state index in [0.29, 0.717) is 27.9 Å². The van der Waals surface area contributed by atoms with E-state index in [2.05, 4.69) is 10.3 Å². The lowest BCUT2D eigenvalue weighted by Gasteiger charge is -2.13. The summed E-state index contributed by atoms with van der Waals surface area (Å²) in [5, 5.41) is 13.3. The minimum absolute atomic E-state index is 0.0731. The Labute approximate surface area is 178 Å². The van der Waals surface area contributed by atoms with Gasteiger partial charge in [-0.25, -0.2) is 4.98 Å². The summed E-state index contributed by atoms with van der Waals surface area (Å²) in [6, 6.07) is 21.0. The zero-order chi connectivity index (χ0) is 21.8. The Hall–Kier alpha value is -3.97. The molecule has 0 aliphatic carbocycles. The second-order valence-corrected chi connectivity index (χ2v) is 6.96. The molecule has 0 spiro atoms. The van der Waals surface area contributed by atoms with Crippen LogP contribution in [0, 0.1) is 0 Å². The van der Waals surface area contributed by atoms with Crippen LogP contribution in [0.25, 0.3) is 16.6 Å². The van der Waals surface area contributed by atoms with Gasteiger partial charge in [0.2, 0.25) is 0 Å². The lowest BCUT2D eigenvalue weighted by Crippen LogP contribution is -2.28. The van der Waals surface area contributed by atoms with Crippen molar-refractivity contribution in [3.8, 4) is 11.4 Å². The summed E-state index contributed by atoms with van der Waals surface area (Å²) < 4.78 is 6.75. The first-order valence-corrected chi connectivity index (χ1v) is 9.74. The van der Waals surface area contributed by atoms with Crippen LogP contribution in [0.4, 0.5) is 0 Å². The smallest absolute Gasteiger partial charge is 0.265 e. The first-order valence-electron chi connectivity index (χ1n) is 9.74. The number of aliphatic hydroxyl groups is 1. The van der Waals surface area contributed by atoms with Gasteiger partial charge in [-0.3, -0.25) is 14.2 Å². The van der Waals surface area contributed by atoms with Crippen LogP contribution in [-0.2, 0) is 0 Å². The normalized spacial score (nSPS) is 11.8. The Bertz CT molecular complexity index is 1290. The highest BCUT2D eigenvalue weighted by atomic mass is 16.5. The third-order valence-electron chi connectivity index (χ3n) is 5.01. The zero-order valence-electron chi connectivity index (χ0n) is 16.9. The first kappa shape index (κ1) is 20.3. The Morgan fingerprint density at radius 2 is 1.84 bits per heavy atom. The van der Waals surface area contributed by atoms with Crippen LogP contribution in [0.1, 0.15) is 22.0 Å². The Morgan fingerprint density at radius 3 is 2.61 bits per heavy atom. The molecule has 1 aromatic heterocycles. The van der Waals surface area contributed by atoms with E-state index in [1.165, 1.54) is 18.0 Å². The van der Waals surface area contributed by atoms with E-state index in [0.717, 1.165) is 5.56 Å². The number of hydrogen-bond donors (Lipinski definition) is 2. The number of para-hydroxylation sites is 2. The van der Waals surface area contributed by atoms with E-state index in [1.54, 1.807) is 42.5 Å². The fourth-order valence-corrected chi connectivity index (χ4v) is 3.35. The van der Waals surface area contributed by atoms with E-state index >= 15 is 0 Å². The van der Waals surface area contributed by atoms with Crippen molar-refractivity contribution in [2.75, 3.05) is 13.7 Å². The number of rotatable bonds is 6. The van der Waals surface area contributed by atoms with Gasteiger partial charge in [0.05, 0.1) is 29.8 Å². The van der Waals surface area contributed by atoms with Crippen LogP contribution < -0.4 is 15.6 Å². The highest BCUT2D eigenvalue weighted by Gasteiger charge is 2.14. The second kappa shape index (κ2) is 8.81. The third-order valence-corrected chi connectivity index (χ3v) is 5.01. The number of fused-ring (bicyclic) bond motifs is 1. The molecule has 0 aliphatic rings. The van der Waals surface area contributed by atoms with Crippen molar-refractivity contribution in [1.82, 2.24) is 14.9 Å². The number of carbonyl (C=O) groups is 1. The molecule has 4 aromatic rings. The summed E-state index contributed by atoms with van der Waals surface area (Å²) in [4.78, 5) is 29.9. The lowest BCUT2D eigenvalue weighted by atomic mass is 10.1. The summed E-state index contributed by atoms with van der Waals surface area (Å²) in [6.07, 6.45) is 0.611. The molecule has 0 saturated heterocycles. The van der Waals surface area contributed by atoms with E-state index in [4.69, 9.17) is 4.74 Å². The average Bonchev–Trinajstić information content (AvgIpc) is 2.83. The molecule has 7 nitrogen and oxygen atoms in total. The lowest BCUT2D eigenvalue weighted by molar-refractivity contribution is 0.0916. The molecule has 0 unspecified atom stereocenters. The van der Waals surface area contributed by atoms with Gasteiger partial charge in [0.25, 0.3) is 11.5 Å². The molecule has 0 fully saturated rings. The zero-order valence-corrected chi connectivity index (χ0v) is 16.9. The molecular formula is C24H21N3O4. The number of aliphatic hydroxyl groups excluding tert-OH is 1. The third kappa shape index (κ3) is 4.17. The maximum Gasteiger partial charge on any atom is 0.265 e. The van der Waals surface area contributed by atoms with Crippen LogP contribution >= 0.6 is 0 Å². The largest absolute Gasteiger partial charge is 0.495 e. The molecule has 156 valence electrons. The van der Waals surface area contributed by atoms with Crippen LogP contribution in [0.15, 0.2) is 83.9 Å². The van der Waals surface area contributed by atoms with Crippen molar-refractivity contribution in [2.24, 2.45) is 0 Å². The Morgan fingerprint density at radius 1 is 1.10 bits per heavy atom. The standard InChI is InChI=1S/C24H21N3O4/c1-31-22-10-6-5-9-20(22)27-15-26-19-13-17(11-12-18(19)24(27)30)23(29)25-14-21(28)16-7-3-2-4-8-16/h2-13,15,21,28H,14H2,1H3,(H,25,29)/t21-/m1/s1. The molecule has 0 aliphatic heterocycles. The first-order chi connectivity index (χ1) is 15.1. The van der Waals surface area contributed by atoms with Crippen molar-refractivity contribution in [3.05, 3.63) is 101 Å². The SMILES string of the molecule is COc1ccccc1-n1cnc2cc(C(=O)NC[C@@H](O)c3ccccc3)ccc2c1=O. The van der Waals surface area contributed by atoms with Crippen molar-refractivity contribution in [1.29, 1.82) is 0 Å². The van der Waals surface area contributed by atoms with Crippen molar-refractivity contribution < 1.29 is 14.6 Å². The topological polar surface area (TPSA) is 93.5 Å². The van der Waals surface area contributed by atoms with Gasteiger partial charge in [0.1, 0.15) is 12.1 Å². The Balaban J connectivity index is 1.57. The molecule has 0 bridgehead atoms.